The molecule has 0 spiro atoms. The molecule has 0 unspecified atom stereocenters. The van der Waals surface area contributed by atoms with Gasteiger partial charge in [-0.2, -0.15) is 18.3 Å². The van der Waals surface area contributed by atoms with Gasteiger partial charge in [-0.05, 0) is 47.9 Å². The average Bonchev–Trinajstić information content (AvgIpc) is 3.41. The lowest BCUT2D eigenvalue weighted by Gasteiger charge is -2.16. The van der Waals surface area contributed by atoms with Crippen molar-refractivity contribution < 1.29 is 22.8 Å². The highest BCUT2D eigenvalue weighted by Crippen LogP contribution is 2.36. The monoisotopic (exact) mass is 593 g/mol. The maximum absolute atomic E-state index is 13.6. The van der Waals surface area contributed by atoms with E-state index in [4.69, 9.17) is 29.6 Å². The highest BCUT2D eigenvalue weighted by atomic mass is 35.5. The fraction of sp³-hybridized carbons (Fsp3) is 0.0345. The van der Waals surface area contributed by atoms with Crippen LogP contribution in [0.4, 0.5) is 24.5 Å². The van der Waals surface area contributed by atoms with E-state index in [-0.39, 0.29) is 27.1 Å². The highest BCUT2D eigenvalue weighted by molar-refractivity contribution is 6.40. The number of halogens is 5. The van der Waals surface area contributed by atoms with E-state index < -0.39 is 29.4 Å². The van der Waals surface area contributed by atoms with Gasteiger partial charge in [0.2, 0.25) is 0 Å². The smallest absolute Gasteiger partial charge is 0.322 e. The van der Waals surface area contributed by atoms with Gasteiger partial charge in [-0.1, -0.05) is 53.4 Å². The molecule has 7 nitrogen and oxygen atoms in total. The first-order chi connectivity index (χ1) is 19.6. The zero-order valence-electron chi connectivity index (χ0n) is 20.6. The molecule has 0 atom stereocenters. The molecule has 2 aromatic heterocycles. The first-order valence-corrected chi connectivity index (χ1v) is 12.5. The molecule has 2 heterocycles. The number of carbonyl (C=O) groups excluding carboxylic acids is 2. The summed E-state index contributed by atoms with van der Waals surface area (Å²) in [4.78, 5) is 30.9. The number of carbonyl (C=O) groups is 2. The van der Waals surface area contributed by atoms with E-state index in [0.717, 1.165) is 0 Å². The van der Waals surface area contributed by atoms with Gasteiger partial charge in [0.1, 0.15) is 5.69 Å². The van der Waals surface area contributed by atoms with Gasteiger partial charge in [0.15, 0.2) is 11.5 Å². The Morgan fingerprint density at radius 2 is 1.66 bits per heavy atom. The second kappa shape index (κ2) is 11.0. The van der Waals surface area contributed by atoms with Crippen LogP contribution in [-0.4, -0.2) is 26.6 Å². The van der Waals surface area contributed by atoms with Crippen molar-refractivity contribution in [2.75, 3.05) is 10.6 Å². The lowest BCUT2D eigenvalue weighted by molar-refractivity contribution is -0.141. The van der Waals surface area contributed by atoms with Crippen LogP contribution in [0.25, 0.3) is 16.6 Å². The van der Waals surface area contributed by atoms with Gasteiger partial charge in [-0.25, -0.2) is 9.67 Å². The molecule has 0 radical (unpaired) electrons. The van der Waals surface area contributed by atoms with E-state index in [0.29, 0.717) is 32.8 Å². The molecular formula is C29H16Cl2F3N5O2. The number of nitrogens with zero attached hydrogens (tertiary/aromatic N) is 3. The first kappa shape index (κ1) is 27.7. The van der Waals surface area contributed by atoms with Crippen molar-refractivity contribution in [2.24, 2.45) is 0 Å². The Kier molecular flexibility index (Phi) is 7.41. The van der Waals surface area contributed by atoms with Crippen LogP contribution >= 0.6 is 23.2 Å². The molecule has 0 aliphatic carbocycles. The molecule has 2 N–H and O–H groups in total. The molecule has 3 aromatic carbocycles. The Labute approximate surface area is 240 Å². The molecule has 0 aliphatic rings. The molecule has 5 aromatic rings. The standard InChI is InChI=1S/C29H16Cl2F3N5O2/c1-2-16-9-11-18(12-10-16)36-27(40)20-14-17-6-3-4-7-19(17)24(31)25(20)37-28(41)22-15-23(29(32,33)34)38-39(22)26-21(30)8-5-13-35-26/h1,3-15H,(H,36,40)(H,37,41). The van der Waals surface area contributed by atoms with Crippen molar-refractivity contribution in [2.45, 2.75) is 6.18 Å². The van der Waals surface area contributed by atoms with Crippen LogP contribution in [0.2, 0.25) is 10.0 Å². The molecule has 0 aliphatic heterocycles. The quantitative estimate of drug-likeness (QED) is 0.210. The summed E-state index contributed by atoms with van der Waals surface area (Å²) in [5.74, 6) is 0.592. The average molecular weight is 594 g/mol. The summed E-state index contributed by atoms with van der Waals surface area (Å²) in [6, 6.07) is 18.2. The van der Waals surface area contributed by atoms with E-state index in [1.165, 1.54) is 24.4 Å². The van der Waals surface area contributed by atoms with E-state index >= 15 is 0 Å². The number of alkyl halides is 3. The van der Waals surface area contributed by atoms with Crippen molar-refractivity contribution in [3.05, 3.63) is 112 Å². The van der Waals surface area contributed by atoms with Gasteiger partial charge < -0.3 is 10.6 Å². The van der Waals surface area contributed by atoms with Gasteiger partial charge in [-0.15, -0.1) is 6.42 Å². The Balaban J connectivity index is 1.60. The molecule has 0 bridgehead atoms. The van der Waals surface area contributed by atoms with Crippen molar-refractivity contribution >= 4 is 57.2 Å². The van der Waals surface area contributed by atoms with Crippen molar-refractivity contribution in [1.29, 1.82) is 0 Å². The SMILES string of the molecule is C#Cc1ccc(NC(=O)c2cc3ccccc3c(Cl)c2NC(=O)c2cc(C(F)(F)F)nn2-c2ncccc2Cl)cc1. The molecule has 204 valence electrons. The van der Waals surface area contributed by atoms with Gasteiger partial charge in [0, 0.05) is 28.9 Å². The Morgan fingerprint density at radius 1 is 0.927 bits per heavy atom. The van der Waals surface area contributed by atoms with Crippen molar-refractivity contribution in [3.8, 4) is 18.2 Å². The van der Waals surface area contributed by atoms with Gasteiger partial charge in [-0.3, -0.25) is 9.59 Å². The summed E-state index contributed by atoms with van der Waals surface area (Å²) in [5, 5.41) is 9.80. The van der Waals surface area contributed by atoms with Crippen LogP contribution in [0.5, 0.6) is 0 Å². The predicted octanol–water partition coefficient (Wildman–Crippen LogP) is 7.23. The maximum Gasteiger partial charge on any atom is 0.435 e. The topological polar surface area (TPSA) is 88.9 Å². The second-order valence-electron chi connectivity index (χ2n) is 8.60. The first-order valence-electron chi connectivity index (χ1n) is 11.8. The van der Waals surface area contributed by atoms with E-state index in [1.807, 2.05) is 0 Å². The van der Waals surface area contributed by atoms with Crippen LogP contribution in [0.15, 0.2) is 79.0 Å². The largest absolute Gasteiger partial charge is 0.435 e. The van der Waals surface area contributed by atoms with Gasteiger partial charge in [0.25, 0.3) is 11.8 Å². The maximum atomic E-state index is 13.6. The number of aromatic nitrogens is 3. The summed E-state index contributed by atoms with van der Waals surface area (Å²) in [6.45, 7) is 0. The zero-order chi connectivity index (χ0) is 29.3. The molecule has 2 amide bonds. The second-order valence-corrected chi connectivity index (χ2v) is 9.38. The number of pyridine rings is 1. The van der Waals surface area contributed by atoms with Gasteiger partial charge in [0.05, 0.1) is 21.3 Å². The Morgan fingerprint density at radius 3 is 2.34 bits per heavy atom. The summed E-state index contributed by atoms with van der Waals surface area (Å²) in [7, 11) is 0. The molecule has 0 fully saturated rings. The normalized spacial score (nSPS) is 11.2. The number of anilines is 2. The minimum absolute atomic E-state index is 0.00209. The lowest BCUT2D eigenvalue weighted by Crippen LogP contribution is -2.21. The molecule has 41 heavy (non-hydrogen) atoms. The number of hydrogen-bond donors (Lipinski definition) is 2. The number of nitrogens with one attached hydrogen (secondary N) is 2. The molecular weight excluding hydrogens is 578 g/mol. The minimum atomic E-state index is -4.87. The minimum Gasteiger partial charge on any atom is -0.322 e. The number of fused-ring (bicyclic) bond motifs is 1. The summed E-state index contributed by atoms with van der Waals surface area (Å²) < 4.78 is 41.5. The summed E-state index contributed by atoms with van der Waals surface area (Å²) in [6.07, 6.45) is 1.80. The molecule has 12 heteroatoms. The van der Waals surface area contributed by atoms with Crippen LogP contribution < -0.4 is 10.6 Å². The van der Waals surface area contributed by atoms with Gasteiger partial charge >= 0.3 is 6.18 Å². The lowest BCUT2D eigenvalue weighted by atomic mass is 10.0. The highest BCUT2D eigenvalue weighted by Gasteiger charge is 2.37. The van der Waals surface area contributed by atoms with E-state index in [1.54, 1.807) is 48.5 Å². The fourth-order valence-corrected chi connectivity index (χ4v) is 4.53. The van der Waals surface area contributed by atoms with Crippen molar-refractivity contribution in [3.63, 3.8) is 0 Å². The zero-order valence-corrected chi connectivity index (χ0v) is 22.1. The van der Waals surface area contributed by atoms with Crippen molar-refractivity contribution in [1.82, 2.24) is 14.8 Å². The third-order valence-electron chi connectivity index (χ3n) is 5.95. The van der Waals surface area contributed by atoms with Crippen LogP contribution in [0, 0.1) is 12.3 Å². The number of hydrogen-bond acceptors (Lipinski definition) is 4. The van der Waals surface area contributed by atoms with Crippen LogP contribution in [0.1, 0.15) is 32.1 Å². The molecule has 5 rings (SSSR count). The summed E-state index contributed by atoms with van der Waals surface area (Å²) >= 11 is 12.8. The third kappa shape index (κ3) is 5.59. The van der Waals surface area contributed by atoms with Crippen LogP contribution in [0.3, 0.4) is 0 Å². The summed E-state index contributed by atoms with van der Waals surface area (Å²) in [5.41, 5.74) is -1.04. The Hall–Kier alpha value is -4.85. The van der Waals surface area contributed by atoms with Crippen LogP contribution in [-0.2, 0) is 6.18 Å². The Bertz CT molecular complexity index is 1860. The van der Waals surface area contributed by atoms with E-state index in [9.17, 15) is 22.8 Å². The number of rotatable bonds is 5. The molecule has 0 saturated heterocycles. The number of terminal acetylenes is 1. The molecule has 0 saturated carbocycles. The predicted molar refractivity (Wildman–Crippen MR) is 151 cm³/mol. The number of benzene rings is 3. The third-order valence-corrected chi connectivity index (χ3v) is 6.64. The number of amides is 2. The fourth-order valence-electron chi connectivity index (χ4n) is 4.01. The van der Waals surface area contributed by atoms with E-state index in [2.05, 4.69) is 26.6 Å².